The van der Waals surface area contributed by atoms with Crippen molar-refractivity contribution in [3.05, 3.63) is 47.5 Å². The summed E-state index contributed by atoms with van der Waals surface area (Å²) in [5, 5.41) is 8.02. The summed E-state index contributed by atoms with van der Waals surface area (Å²) in [6.45, 7) is 12.4. The molecule has 0 amide bonds. The average molecular weight is 342 g/mol. The van der Waals surface area contributed by atoms with Crippen molar-refractivity contribution in [2.45, 2.75) is 58.7 Å². The van der Waals surface area contributed by atoms with Gasteiger partial charge in [-0.15, -0.1) is 0 Å². The maximum atomic E-state index is 5.98. The van der Waals surface area contributed by atoms with E-state index in [2.05, 4.69) is 55.4 Å². The SMILES string of the molecule is CCn1cc([C@H]2OCC[C@@H]2CNCc2cnccc2C(C)(C)C)cn1. The summed E-state index contributed by atoms with van der Waals surface area (Å²) in [6.07, 6.45) is 9.18. The molecule has 1 aliphatic rings. The molecule has 1 fully saturated rings. The topological polar surface area (TPSA) is 52.0 Å². The fourth-order valence-corrected chi connectivity index (χ4v) is 3.60. The first-order valence-electron chi connectivity index (χ1n) is 9.27. The summed E-state index contributed by atoms with van der Waals surface area (Å²) in [4.78, 5) is 4.31. The molecule has 0 unspecified atom stereocenters. The van der Waals surface area contributed by atoms with Gasteiger partial charge in [0.05, 0.1) is 12.3 Å². The van der Waals surface area contributed by atoms with Crippen LogP contribution in [0.4, 0.5) is 0 Å². The van der Waals surface area contributed by atoms with Gasteiger partial charge in [0, 0.05) is 56.3 Å². The highest BCUT2D eigenvalue weighted by Crippen LogP contribution is 2.34. The van der Waals surface area contributed by atoms with E-state index in [4.69, 9.17) is 4.74 Å². The molecule has 0 saturated carbocycles. The predicted octanol–water partition coefficient (Wildman–Crippen LogP) is 3.46. The first kappa shape index (κ1) is 18.1. The maximum Gasteiger partial charge on any atom is 0.0896 e. The summed E-state index contributed by atoms with van der Waals surface area (Å²) >= 11 is 0. The number of hydrogen-bond acceptors (Lipinski definition) is 4. The van der Waals surface area contributed by atoms with E-state index in [0.29, 0.717) is 5.92 Å². The van der Waals surface area contributed by atoms with Crippen LogP contribution in [-0.4, -0.2) is 27.9 Å². The van der Waals surface area contributed by atoms with E-state index in [1.54, 1.807) is 0 Å². The van der Waals surface area contributed by atoms with E-state index in [1.165, 1.54) is 16.7 Å². The lowest BCUT2D eigenvalue weighted by Crippen LogP contribution is -2.26. The largest absolute Gasteiger partial charge is 0.373 e. The fourth-order valence-electron chi connectivity index (χ4n) is 3.60. The van der Waals surface area contributed by atoms with Crippen LogP contribution in [0.3, 0.4) is 0 Å². The minimum atomic E-state index is 0.133. The molecule has 0 aliphatic carbocycles. The number of nitrogens with zero attached hydrogens (tertiary/aromatic N) is 3. The highest BCUT2D eigenvalue weighted by atomic mass is 16.5. The van der Waals surface area contributed by atoms with E-state index < -0.39 is 0 Å². The Morgan fingerprint density at radius 2 is 2.16 bits per heavy atom. The number of rotatable bonds is 6. The normalized spacial score (nSPS) is 21.0. The van der Waals surface area contributed by atoms with Gasteiger partial charge < -0.3 is 10.1 Å². The fraction of sp³-hybridized carbons (Fsp3) is 0.600. The van der Waals surface area contributed by atoms with Gasteiger partial charge in [-0.05, 0) is 36.0 Å². The van der Waals surface area contributed by atoms with Crippen molar-refractivity contribution >= 4 is 0 Å². The molecule has 2 atom stereocenters. The van der Waals surface area contributed by atoms with Gasteiger partial charge in [0.15, 0.2) is 0 Å². The Morgan fingerprint density at radius 1 is 1.32 bits per heavy atom. The first-order valence-corrected chi connectivity index (χ1v) is 9.27. The third kappa shape index (κ3) is 4.28. The lowest BCUT2D eigenvalue weighted by molar-refractivity contribution is 0.0903. The molecule has 0 spiro atoms. The quantitative estimate of drug-likeness (QED) is 0.873. The van der Waals surface area contributed by atoms with E-state index in [-0.39, 0.29) is 11.5 Å². The minimum absolute atomic E-state index is 0.133. The Balaban J connectivity index is 1.60. The van der Waals surface area contributed by atoms with Gasteiger partial charge in [-0.1, -0.05) is 20.8 Å². The van der Waals surface area contributed by atoms with Crippen LogP contribution in [0.15, 0.2) is 30.9 Å². The maximum absolute atomic E-state index is 5.98. The first-order chi connectivity index (χ1) is 12.0. The van der Waals surface area contributed by atoms with Crippen molar-refractivity contribution < 1.29 is 4.74 Å². The second kappa shape index (κ2) is 7.67. The lowest BCUT2D eigenvalue weighted by atomic mass is 9.84. The molecule has 1 saturated heterocycles. The van der Waals surface area contributed by atoms with Crippen LogP contribution in [-0.2, 0) is 23.2 Å². The molecule has 136 valence electrons. The molecule has 5 heteroatoms. The van der Waals surface area contributed by atoms with Gasteiger partial charge >= 0.3 is 0 Å². The van der Waals surface area contributed by atoms with Crippen LogP contribution in [0.2, 0.25) is 0 Å². The number of aromatic nitrogens is 3. The number of pyridine rings is 1. The smallest absolute Gasteiger partial charge is 0.0896 e. The molecule has 2 aromatic rings. The van der Waals surface area contributed by atoms with Gasteiger partial charge in [-0.3, -0.25) is 9.67 Å². The molecular weight excluding hydrogens is 312 g/mol. The van der Waals surface area contributed by atoms with E-state index in [0.717, 1.165) is 32.7 Å². The van der Waals surface area contributed by atoms with Gasteiger partial charge in [-0.2, -0.15) is 5.10 Å². The van der Waals surface area contributed by atoms with Gasteiger partial charge in [0.1, 0.15) is 0 Å². The number of hydrogen-bond donors (Lipinski definition) is 1. The Labute approximate surface area is 150 Å². The summed E-state index contributed by atoms with van der Waals surface area (Å²) in [5.74, 6) is 0.490. The monoisotopic (exact) mass is 342 g/mol. The summed E-state index contributed by atoms with van der Waals surface area (Å²) in [5.41, 5.74) is 3.97. The van der Waals surface area contributed by atoms with Gasteiger partial charge in [-0.25, -0.2) is 0 Å². The Bertz CT molecular complexity index is 689. The van der Waals surface area contributed by atoms with E-state index in [1.807, 2.05) is 23.3 Å². The molecule has 0 radical (unpaired) electrons. The standard InChI is InChI=1S/C20H30N4O/c1-5-24-14-17(13-23-24)19-15(7-9-25-19)10-22-12-16-11-21-8-6-18(16)20(2,3)4/h6,8,11,13-15,19,22H,5,7,9-10,12H2,1-4H3/t15-,19+/m1/s1. The van der Waals surface area contributed by atoms with Crippen LogP contribution in [0.25, 0.3) is 0 Å². The van der Waals surface area contributed by atoms with Crippen molar-refractivity contribution in [2.24, 2.45) is 5.92 Å². The Kier molecular flexibility index (Phi) is 5.54. The zero-order valence-corrected chi connectivity index (χ0v) is 15.8. The molecule has 2 aromatic heterocycles. The van der Waals surface area contributed by atoms with Crippen LogP contribution >= 0.6 is 0 Å². The molecule has 3 rings (SSSR count). The number of ether oxygens (including phenoxy) is 1. The third-order valence-electron chi connectivity index (χ3n) is 4.95. The van der Waals surface area contributed by atoms with Crippen LogP contribution in [0, 0.1) is 5.92 Å². The lowest BCUT2D eigenvalue weighted by Gasteiger charge is -2.23. The van der Waals surface area contributed by atoms with Crippen molar-refractivity contribution in [3.8, 4) is 0 Å². The highest BCUT2D eigenvalue weighted by molar-refractivity contribution is 5.29. The van der Waals surface area contributed by atoms with Crippen molar-refractivity contribution in [1.29, 1.82) is 0 Å². The molecule has 0 aromatic carbocycles. The van der Waals surface area contributed by atoms with E-state index >= 15 is 0 Å². The Morgan fingerprint density at radius 3 is 2.88 bits per heavy atom. The van der Waals surface area contributed by atoms with Crippen molar-refractivity contribution in [1.82, 2.24) is 20.1 Å². The zero-order chi connectivity index (χ0) is 17.9. The average Bonchev–Trinajstić information content (AvgIpc) is 3.23. The second-order valence-electron chi connectivity index (χ2n) is 7.88. The molecule has 0 bridgehead atoms. The highest BCUT2D eigenvalue weighted by Gasteiger charge is 2.30. The molecule has 3 heterocycles. The summed E-state index contributed by atoms with van der Waals surface area (Å²) in [6, 6.07) is 2.14. The van der Waals surface area contributed by atoms with Gasteiger partial charge in [0.2, 0.25) is 0 Å². The van der Waals surface area contributed by atoms with Crippen LogP contribution in [0.5, 0.6) is 0 Å². The minimum Gasteiger partial charge on any atom is -0.373 e. The molecule has 1 aliphatic heterocycles. The van der Waals surface area contributed by atoms with Crippen molar-refractivity contribution in [3.63, 3.8) is 0 Å². The van der Waals surface area contributed by atoms with Gasteiger partial charge in [0.25, 0.3) is 0 Å². The van der Waals surface area contributed by atoms with E-state index in [9.17, 15) is 0 Å². The molecule has 5 nitrogen and oxygen atoms in total. The predicted molar refractivity (Wildman–Crippen MR) is 99.3 cm³/mol. The van der Waals surface area contributed by atoms with Crippen LogP contribution < -0.4 is 5.32 Å². The molecule has 25 heavy (non-hydrogen) atoms. The molecular formula is C20H30N4O. The zero-order valence-electron chi connectivity index (χ0n) is 15.8. The number of nitrogens with one attached hydrogen (secondary N) is 1. The number of aryl methyl sites for hydroxylation is 1. The summed E-state index contributed by atoms with van der Waals surface area (Å²) in [7, 11) is 0. The van der Waals surface area contributed by atoms with Crippen molar-refractivity contribution in [2.75, 3.05) is 13.2 Å². The molecule has 1 N–H and O–H groups in total. The third-order valence-corrected chi connectivity index (χ3v) is 4.95. The summed E-state index contributed by atoms with van der Waals surface area (Å²) < 4.78 is 7.95. The second-order valence-corrected chi connectivity index (χ2v) is 7.88. The van der Waals surface area contributed by atoms with Crippen LogP contribution in [0.1, 0.15) is 56.9 Å². The Hall–Kier alpha value is -1.72.